The predicted octanol–water partition coefficient (Wildman–Crippen LogP) is 3.03. The van der Waals surface area contributed by atoms with Gasteiger partial charge in [-0.1, -0.05) is 19.1 Å². The maximum atomic E-state index is 12.2. The lowest BCUT2D eigenvalue weighted by molar-refractivity contribution is -0.117. The third-order valence-electron chi connectivity index (χ3n) is 4.57. The van der Waals surface area contributed by atoms with E-state index < -0.39 is 0 Å². The molecule has 1 amide bonds. The second kappa shape index (κ2) is 6.94. The van der Waals surface area contributed by atoms with E-state index in [0.29, 0.717) is 18.3 Å². The minimum absolute atomic E-state index is 0.0112. The molecule has 1 aromatic carbocycles. The van der Waals surface area contributed by atoms with Crippen molar-refractivity contribution < 1.29 is 4.79 Å². The van der Waals surface area contributed by atoms with Gasteiger partial charge in [-0.3, -0.25) is 9.69 Å². The maximum absolute atomic E-state index is 12.2. The summed E-state index contributed by atoms with van der Waals surface area (Å²) in [5.74, 6) is 0.840. The van der Waals surface area contributed by atoms with E-state index in [1.54, 1.807) is 0 Å². The summed E-state index contributed by atoms with van der Waals surface area (Å²) in [4.78, 5) is 14.4. The molecule has 0 heterocycles. The molecule has 1 saturated carbocycles. The largest absolute Gasteiger partial charge is 0.397 e. The number of anilines is 2. The molecule has 1 aliphatic rings. The van der Waals surface area contributed by atoms with Crippen molar-refractivity contribution in [3.05, 3.63) is 23.8 Å². The van der Waals surface area contributed by atoms with Crippen molar-refractivity contribution in [1.82, 2.24) is 4.90 Å². The number of nitrogens with two attached hydrogens (primary N) is 1. The molecular formula is C17H27N3O. The van der Waals surface area contributed by atoms with Gasteiger partial charge in [0.2, 0.25) is 5.91 Å². The summed E-state index contributed by atoms with van der Waals surface area (Å²) in [7, 11) is 2.04. The number of rotatable bonds is 4. The zero-order valence-corrected chi connectivity index (χ0v) is 13.4. The number of hydrogen-bond donors (Lipinski definition) is 2. The average molecular weight is 289 g/mol. The number of amides is 1. The number of likely N-dealkylation sites (N-methyl/N-ethyl adjacent to an activating group) is 1. The Kier molecular flexibility index (Phi) is 5.23. The van der Waals surface area contributed by atoms with Crippen LogP contribution in [0.4, 0.5) is 11.4 Å². The van der Waals surface area contributed by atoms with E-state index in [0.717, 1.165) is 17.2 Å². The molecule has 2 rings (SSSR count). The van der Waals surface area contributed by atoms with Crippen LogP contribution in [0, 0.1) is 12.8 Å². The normalized spacial score (nSPS) is 22.3. The van der Waals surface area contributed by atoms with Gasteiger partial charge in [0.15, 0.2) is 0 Å². The van der Waals surface area contributed by atoms with Crippen LogP contribution in [0.5, 0.6) is 0 Å². The van der Waals surface area contributed by atoms with Crippen LogP contribution >= 0.6 is 0 Å². The van der Waals surface area contributed by atoms with E-state index in [2.05, 4.69) is 17.1 Å². The first-order valence-electron chi connectivity index (χ1n) is 7.82. The lowest BCUT2D eigenvalue weighted by Gasteiger charge is -2.33. The first-order chi connectivity index (χ1) is 9.97. The number of hydrogen-bond acceptors (Lipinski definition) is 3. The van der Waals surface area contributed by atoms with Gasteiger partial charge >= 0.3 is 0 Å². The van der Waals surface area contributed by atoms with Gasteiger partial charge in [-0.25, -0.2) is 0 Å². The van der Waals surface area contributed by atoms with Gasteiger partial charge in [0.1, 0.15) is 0 Å². The van der Waals surface area contributed by atoms with E-state index >= 15 is 0 Å². The van der Waals surface area contributed by atoms with Gasteiger partial charge in [-0.05, 0) is 57.2 Å². The fourth-order valence-corrected chi connectivity index (χ4v) is 3.08. The van der Waals surface area contributed by atoms with Gasteiger partial charge < -0.3 is 11.1 Å². The SMILES string of the molecule is Cc1cccc(N)c1NC(=O)CN(C)C1CCC(C)CC1. The lowest BCUT2D eigenvalue weighted by atomic mass is 9.87. The zero-order chi connectivity index (χ0) is 15.4. The zero-order valence-electron chi connectivity index (χ0n) is 13.4. The number of nitrogen functional groups attached to an aromatic ring is 1. The summed E-state index contributed by atoms with van der Waals surface area (Å²) in [6.45, 7) is 4.69. The third kappa shape index (κ3) is 4.21. The molecule has 0 saturated heterocycles. The summed E-state index contributed by atoms with van der Waals surface area (Å²) in [5.41, 5.74) is 8.29. The molecule has 3 N–H and O–H groups in total. The molecule has 0 atom stereocenters. The highest BCUT2D eigenvalue weighted by Crippen LogP contribution is 2.26. The Morgan fingerprint density at radius 3 is 2.62 bits per heavy atom. The molecule has 4 heteroatoms. The molecule has 1 aliphatic carbocycles. The number of nitrogens with zero attached hydrogens (tertiary/aromatic N) is 1. The number of para-hydroxylation sites is 1. The van der Waals surface area contributed by atoms with E-state index in [9.17, 15) is 4.79 Å². The van der Waals surface area contributed by atoms with Crippen molar-refractivity contribution in [3.63, 3.8) is 0 Å². The highest BCUT2D eigenvalue weighted by Gasteiger charge is 2.23. The van der Waals surface area contributed by atoms with E-state index in [1.165, 1.54) is 25.7 Å². The van der Waals surface area contributed by atoms with Crippen LogP contribution in [0.1, 0.15) is 38.2 Å². The predicted molar refractivity (Wildman–Crippen MR) is 88.3 cm³/mol. The molecule has 0 aromatic heterocycles. The highest BCUT2D eigenvalue weighted by atomic mass is 16.2. The molecule has 0 radical (unpaired) electrons. The monoisotopic (exact) mass is 289 g/mol. The second-order valence-electron chi connectivity index (χ2n) is 6.42. The third-order valence-corrected chi connectivity index (χ3v) is 4.57. The van der Waals surface area contributed by atoms with Gasteiger partial charge in [0, 0.05) is 6.04 Å². The number of benzene rings is 1. The van der Waals surface area contributed by atoms with E-state index in [-0.39, 0.29) is 5.91 Å². The second-order valence-corrected chi connectivity index (χ2v) is 6.42. The topological polar surface area (TPSA) is 58.4 Å². The molecule has 0 aliphatic heterocycles. The molecule has 116 valence electrons. The number of carbonyl (C=O) groups excluding carboxylic acids is 1. The standard InChI is InChI=1S/C17H27N3O/c1-12-7-9-14(10-8-12)20(3)11-16(21)19-17-13(2)5-4-6-15(17)18/h4-6,12,14H,7-11,18H2,1-3H3,(H,19,21). The van der Waals surface area contributed by atoms with Crippen LogP contribution in [0.2, 0.25) is 0 Å². The molecule has 0 unspecified atom stereocenters. The molecule has 1 aromatic rings. The van der Waals surface area contributed by atoms with E-state index in [4.69, 9.17) is 5.73 Å². The van der Waals surface area contributed by atoms with Gasteiger partial charge in [-0.2, -0.15) is 0 Å². The molecule has 4 nitrogen and oxygen atoms in total. The Hall–Kier alpha value is -1.55. The fourth-order valence-electron chi connectivity index (χ4n) is 3.08. The van der Waals surface area contributed by atoms with Crippen molar-refractivity contribution >= 4 is 17.3 Å². The molecular weight excluding hydrogens is 262 g/mol. The number of nitrogens with one attached hydrogen (secondary N) is 1. The molecule has 0 spiro atoms. The minimum atomic E-state index is 0.0112. The van der Waals surface area contributed by atoms with Crippen LogP contribution < -0.4 is 11.1 Å². The van der Waals surface area contributed by atoms with Crippen LogP contribution in [0.25, 0.3) is 0 Å². The first kappa shape index (κ1) is 15.8. The average Bonchev–Trinajstić information content (AvgIpc) is 2.43. The Morgan fingerprint density at radius 2 is 2.00 bits per heavy atom. The van der Waals surface area contributed by atoms with Crippen LogP contribution in [0.3, 0.4) is 0 Å². The summed E-state index contributed by atoms with van der Waals surface area (Å²) in [5, 5.41) is 2.95. The fraction of sp³-hybridized carbons (Fsp3) is 0.588. The lowest BCUT2D eigenvalue weighted by Crippen LogP contribution is -2.40. The molecule has 21 heavy (non-hydrogen) atoms. The summed E-state index contributed by atoms with van der Waals surface area (Å²) < 4.78 is 0. The highest BCUT2D eigenvalue weighted by molar-refractivity contribution is 5.96. The van der Waals surface area contributed by atoms with Crippen LogP contribution in [-0.4, -0.2) is 30.4 Å². The number of carbonyl (C=O) groups is 1. The van der Waals surface area contributed by atoms with Crippen molar-refractivity contribution in [2.45, 2.75) is 45.6 Å². The molecule has 1 fully saturated rings. The Bertz CT molecular complexity index is 473. The minimum Gasteiger partial charge on any atom is -0.397 e. The number of aryl methyl sites for hydroxylation is 1. The summed E-state index contributed by atoms with van der Waals surface area (Å²) in [6, 6.07) is 6.20. The Balaban J connectivity index is 1.89. The van der Waals surface area contributed by atoms with E-state index in [1.807, 2.05) is 32.2 Å². The van der Waals surface area contributed by atoms with Crippen molar-refractivity contribution in [1.29, 1.82) is 0 Å². The molecule has 0 bridgehead atoms. The van der Waals surface area contributed by atoms with Crippen LogP contribution in [0.15, 0.2) is 18.2 Å². The summed E-state index contributed by atoms with van der Waals surface area (Å²) in [6.07, 6.45) is 4.91. The Labute approximate surface area is 127 Å². The van der Waals surface area contributed by atoms with Crippen molar-refractivity contribution in [2.75, 3.05) is 24.6 Å². The quantitative estimate of drug-likeness (QED) is 0.838. The smallest absolute Gasteiger partial charge is 0.238 e. The summed E-state index contributed by atoms with van der Waals surface area (Å²) >= 11 is 0. The van der Waals surface area contributed by atoms with Gasteiger partial charge in [0.25, 0.3) is 0 Å². The van der Waals surface area contributed by atoms with Gasteiger partial charge in [-0.15, -0.1) is 0 Å². The Morgan fingerprint density at radius 1 is 1.33 bits per heavy atom. The van der Waals surface area contributed by atoms with Gasteiger partial charge in [0.05, 0.1) is 17.9 Å². The first-order valence-corrected chi connectivity index (χ1v) is 7.82. The van der Waals surface area contributed by atoms with Crippen molar-refractivity contribution in [2.24, 2.45) is 5.92 Å². The maximum Gasteiger partial charge on any atom is 0.238 e. The van der Waals surface area contributed by atoms with Crippen LogP contribution in [-0.2, 0) is 4.79 Å². The van der Waals surface area contributed by atoms with Crippen molar-refractivity contribution in [3.8, 4) is 0 Å².